The lowest BCUT2D eigenvalue weighted by Crippen LogP contribution is -2.60. The maximum atomic E-state index is 12.9. The zero-order valence-electron chi connectivity index (χ0n) is 18.6. The average Bonchev–Trinajstić information content (AvgIpc) is 2.70. The molecule has 0 spiro atoms. The normalized spacial score (nSPS) is 13.8. The molecule has 7 heteroatoms. The highest BCUT2D eigenvalue weighted by Gasteiger charge is 2.50. The predicted octanol–water partition coefficient (Wildman–Crippen LogP) is 4.31. The molecule has 1 amide bonds. The number of hydrogen-bond donors (Lipinski definition) is 2. The summed E-state index contributed by atoms with van der Waals surface area (Å²) in [6.07, 6.45) is -3.09. The first-order valence-electron chi connectivity index (χ1n) is 10.2. The van der Waals surface area contributed by atoms with Gasteiger partial charge in [-0.1, -0.05) is 60.7 Å². The van der Waals surface area contributed by atoms with Crippen LogP contribution in [0.4, 0.5) is 4.79 Å². The topological polar surface area (TPSA) is 94.1 Å². The van der Waals surface area contributed by atoms with Crippen LogP contribution in [-0.2, 0) is 24.5 Å². The summed E-state index contributed by atoms with van der Waals surface area (Å²) in [6, 6.07) is 17.7. The molecule has 0 bridgehead atoms. The molecule has 168 valence electrons. The number of rotatable bonds is 9. The van der Waals surface area contributed by atoms with Crippen LogP contribution >= 0.6 is 0 Å². The fourth-order valence-corrected chi connectivity index (χ4v) is 3.36. The highest BCUT2D eigenvalue weighted by Crippen LogP contribution is 2.36. The van der Waals surface area contributed by atoms with E-state index in [0.29, 0.717) is 17.7 Å². The molecule has 0 aromatic heterocycles. The highest BCUT2D eigenvalue weighted by molar-refractivity contribution is 5.79. The van der Waals surface area contributed by atoms with E-state index in [2.05, 4.69) is 5.32 Å². The van der Waals surface area contributed by atoms with E-state index in [1.165, 1.54) is 0 Å². The third kappa shape index (κ3) is 6.29. The fraction of sp³-hybridized carbons (Fsp3) is 0.417. The van der Waals surface area contributed by atoms with E-state index in [1.807, 2.05) is 12.1 Å². The van der Waals surface area contributed by atoms with Crippen molar-refractivity contribution in [3.8, 4) is 0 Å². The molecule has 2 unspecified atom stereocenters. The molecule has 2 rings (SSSR count). The first-order valence-corrected chi connectivity index (χ1v) is 10.2. The van der Waals surface area contributed by atoms with Crippen LogP contribution in [0.2, 0.25) is 0 Å². The largest absolute Gasteiger partial charge is 0.479 e. The maximum Gasteiger partial charge on any atom is 0.408 e. The Labute approximate surface area is 183 Å². The van der Waals surface area contributed by atoms with Crippen molar-refractivity contribution in [2.75, 3.05) is 6.61 Å². The van der Waals surface area contributed by atoms with Crippen LogP contribution < -0.4 is 5.32 Å². The Morgan fingerprint density at radius 3 is 1.84 bits per heavy atom. The van der Waals surface area contributed by atoms with Gasteiger partial charge in [-0.2, -0.15) is 0 Å². The van der Waals surface area contributed by atoms with E-state index in [-0.39, 0.29) is 0 Å². The van der Waals surface area contributed by atoms with Gasteiger partial charge in [0.05, 0.1) is 0 Å². The van der Waals surface area contributed by atoms with Crippen molar-refractivity contribution >= 4 is 12.1 Å². The Morgan fingerprint density at radius 1 is 0.968 bits per heavy atom. The van der Waals surface area contributed by atoms with Crippen molar-refractivity contribution in [2.24, 2.45) is 0 Å². The lowest BCUT2D eigenvalue weighted by Gasteiger charge is -2.41. The molecule has 2 aromatic carbocycles. The van der Waals surface area contributed by atoms with Crippen LogP contribution in [0, 0.1) is 0 Å². The van der Waals surface area contributed by atoms with Crippen molar-refractivity contribution < 1.29 is 28.9 Å². The minimum atomic E-state index is -1.58. The van der Waals surface area contributed by atoms with E-state index in [9.17, 15) is 14.7 Å². The summed E-state index contributed by atoms with van der Waals surface area (Å²) >= 11 is 0. The van der Waals surface area contributed by atoms with Gasteiger partial charge < -0.3 is 24.6 Å². The summed E-state index contributed by atoms with van der Waals surface area (Å²) in [5.74, 6) is -1.25. The zero-order valence-corrected chi connectivity index (χ0v) is 18.6. The lowest BCUT2D eigenvalue weighted by atomic mass is 9.78. The molecule has 2 aromatic rings. The van der Waals surface area contributed by atoms with Gasteiger partial charge in [-0.25, -0.2) is 9.59 Å². The summed E-state index contributed by atoms with van der Waals surface area (Å²) in [6.45, 7) is 8.96. The van der Waals surface area contributed by atoms with Gasteiger partial charge in [0, 0.05) is 6.61 Å². The molecule has 2 N–H and O–H groups in total. The molecular weight excluding hydrogens is 398 g/mol. The molecule has 0 radical (unpaired) electrons. The Bertz CT molecular complexity index is 808. The Hall–Kier alpha value is -2.90. The van der Waals surface area contributed by atoms with E-state index in [1.54, 1.807) is 83.1 Å². The molecule has 0 aliphatic carbocycles. The van der Waals surface area contributed by atoms with Gasteiger partial charge in [-0.3, -0.25) is 0 Å². The van der Waals surface area contributed by atoms with Gasteiger partial charge in [0.1, 0.15) is 11.1 Å². The number of carboxylic acid groups (broad SMARTS) is 1. The van der Waals surface area contributed by atoms with Crippen LogP contribution in [0.1, 0.15) is 45.7 Å². The molecule has 2 atom stereocenters. The number of hydrogen-bond acceptors (Lipinski definition) is 5. The van der Waals surface area contributed by atoms with Gasteiger partial charge in [-0.05, 0) is 45.7 Å². The zero-order chi connectivity index (χ0) is 23.1. The summed E-state index contributed by atoms with van der Waals surface area (Å²) in [7, 11) is 0. The number of alkyl carbamates (subject to hydrolysis) is 1. The molecule has 31 heavy (non-hydrogen) atoms. The summed E-state index contributed by atoms with van der Waals surface area (Å²) in [5, 5.41) is 13.0. The van der Waals surface area contributed by atoms with Crippen LogP contribution in [0.15, 0.2) is 60.7 Å². The lowest BCUT2D eigenvalue weighted by molar-refractivity contribution is -0.194. The van der Waals surface area contributed by atoms with E-state index in [4.69, 9.17) is 14.2 Å². The number of nitrogens with one attached hydrogen (secondary N) is 1. The van der Waals surface area contributed by atoms with Crippen molar-refractivity contribution in [1.29, 1.82) is 0 Å². The van der Waals surface area contributed by atoms with Crippen LogP contribution in [0.3, 0.4) is 0 Å². The fourth-order valence-electron chi connectivity index (χ4n) is 3.36. The van der Waals surface area contributed by atoms with Gasteiger partial charge in [0.15, 0.2) is 12.4 Å². The minimum absolute atomic E-state index is 0.344. The number of carboxylic acids is 1. The number of benzene rings is 2. The van der Waals surface area contributed by atoms with Crippen molar-refractivity contribution in [3.63, 3.8) is 0 Å². The van der Waals surface area contributed by atoms with Crippen LogP contribution in [-0.4, -0.2) is 41.8 Å². The van der Waals surface area contributed by atoms with Crippen LogP contribution in [0.25, 0.3) is 0 Å². The third-order valence-electron chi connectivity index (χ3n) is 4.50. The second-order valence-electron chi connectivity index (χ2n) is 8.04. The molecule has 7 nitrogen and oxygen atoms in total. The summed E-state index contributed by atoms with van der Waals surface area (Å²) < 4.78 is 16.8. The minimum Gasteiger partial charge on any atom is -0.479 e. The second kappa shape index (κ2) is 10.4. The Balaban J connectivity index is 2.72. The van der Waals surface area contributed by atoms with E-state index < -0.39 is 35.6 Å². The third-order valence-corrected chi connectivity index (χ3v) is 4.50. The number of aliphatic carboxylic acids is 1. The maximum absolute atomic E-state index is 12.9. The average molecular weight is 430 g/mol. The monoisotopic (exact) mass is 429 g/mol. The standard InChI is InChI=1S/C24H31NO6/c1-6-29-17(2)30-20(21(26)27)24(18-13-9-7-10-14-18,19-15-11-8-12-16-19)25-22(28)31-23(3,4)5/h7-17,20H,6H2,1-5H3,(H,25,28)(H,26,27). The number of amides is 1. The SMILES string of the molecule is CCOC(C)OC(C(=O)O)C(NC(=O)OC(C)(C)C)(c1ccccc1)c1ccccc1. The van der Waals surface area contributed by atoms with Gasteiger partial charge in [0.2, 0.25) is 0 Å². The Kier molecular flexibility index (Phi) is 8.19. The highest BCUT2D eigenvalue weighted by atomic mass is 16.7. The van der Waals surface area contributed by atoms with E-state index in [0.717, 1.165) is 0 Å². The van der Waals surface area contributed by atoms with Crippen molar-refractivity contribution in [1.82, 2.24) is 5.32 Å². The van der Waals surface area contributed by atoms with Crippen molar-refractivity contribution in [3.05, 3.63) is 71.8 Å². The molecule has 0 aliphatic heterocycles. The molecule has 0 saturated heterocycles. The van der Waals surface area contributed by atoms with Crippen molar-refractivity contribution in [2.45, 2.75) is 58.2 Å². The van der Waals surface area contributed by atoms with Gasteiger partial charge >= 0.3 is 12.1 Å². The number of carbonyl (C=O) groups is 2. The molecule has 0 heterocycles. The Morgan fingerprint density at radius 2 is 1.45 bits per heavy atom. The summed E-state index contributed by atoms with van der Waals surface area (Å²) in [5.41, 5.74) is -1.30. The predicted molar refractivity (Wildman–Crippen MR) is 117 cm³/mol. The molecule has 0 saturated carbocycles. The van der Waals surface area contributed by atoms with Gasteiger partial charge in [0.25, 0.3) is 0 Å². The number of carbonyl (C=O) groups excluding carboxylic acids is 1. The second-order valence-corrected chi connectivity index (χ2v) is 8.04. The first-order chi connectivity index (χ1) is 14.6. The summed E-state index contributed by atoms with van der Waals surface area (Å²) in [4.78, 5) is 25.5. The van der Waals surface area contributed by atoms with Gasteiger partial charge in [-0.15, -0.1) is 0 Å². The quantitative estimate of drug-likeness (QED) is 0.577. The molecule has 0 aliphatic rings. The number of ether oxygens (including phenoxy) is 3. The smallest absolute Gasteiger partial charge is 0.408 e. The molecule has 0 fully saturated rings. The van der Waals surface area contributed by atoms with E-state index >= 15 is 0 Å². The first kappa shape index (κ1) is 24.4. The van der Waals surface area contributed by atoms with Crippen LogP contribution in [0.5, 0.6) is 0 Å². The molecular formula is C24H31NO6.